The third-order valence-corrected chi connectivity index (χ3v) is 5.00. The van der Waals surface area contributed by atoms with E-state index in [0.717, 1.165) is 30.6 Å². The molecule has 1 unspecified atom stereocenters. The monoisotopic (exact) mass is 297 g/mol. The maximum atomic E-state index is 13.8. The molecule has 5 heteroatoms. The quantitative estimate of drug-likeness (QED) is 0.887. The zero-order chi connectivity index (χ0) is 14.3. The lowest BCUT2D eigenvalue weighted by atomic mass is 9.97. The first-order valence-corrected chi connectivity index (χ1v) is 7.39. The van der Waals surface area contributed by atoms with Crippen molar-refractivity contribution >= 4 is 11.3 Å². The molecule has 0 saturated carbocycles. The summed E-state index contributed by atoms with van der Waals surface area (Å²) in [4.78, 5) is 1.99. The number of rotatable bonds is 2. The number of aryl methyl sites for hydroxylation is 2. The Morgan fingerprint density at radius 3 is 2.30 bits per heavy atom. The fraction of sp³-hybridized carbons (Fsp3) is 0.333. The van der Waals surface area contributed by atoms with Gasteiger partial charge in [0, 0.05) is 27.5 Å². The van der Waals surface area contributed by atoms with Crippen LogP contribution < -0.4 is 5.73 Å². The van der Waals surface area contributed by atoms with Gasteiger partial charge in [-0.25, -0.2) is 13.2 Å². The van der Waals surface area contributed by atoms with Crippen molar-refractivity contribution in [3.8, 4) is 0 Å². The van der Waals surface area contributed by atoms with Gasteiger partial charge in [-0.1, -0.05) is 0 Å². The lowest BCUT2D eigenvalue weighted by Gasteiger charge is -2.12. The molecule has 0 saturated heterocycles. The van der Waals surface area contributed by atoms with Gasteiger partial charge in [-0.2, -0.15) is 0 Å². The molecule has 3 rings (SSSR count). The van der Waals surface area contributed by atoms with Crippen LogP contribution in [0.15, 0.2) is 18.2 Å². The van der Waals surface area contributed by atoms with E-state index in [-0.39, 0.29) is 5.56 Å². The maximum absolute atomic E-state index is 13.8. The van der Waals surface area contributed by atoms with Gasteiger partial charge < -0.3 is 5.73 Å². The molecular weight excluding hydrogens is 283 g/mol. The van der Waals surface area contributed by atoms with Crippen molar-refractivity contribution in [2.75, 3.05) is 0 Å². The van der Waals surface area contributed by atoms with E-state index in [1.165, 1.54) is 21.8 Å². The minimum absolute atomic E-state index is 0.259. The topological polar surface area (TPSA) is 26.0 Å². The summed E-state index contributed by atoms with van der Waals surface area (Å²) in [5.74, 6) is -2.79. The summed E-state index contributed by atoms with van der Waals surface area (Å²) in [6, 6.07) is 2.40. The van der Waals surface area contributed by atoms with Gasteiger partial charge >= 0.3 is 0 Å². The second-order valence-corrected chi connectivity index (χ2v) is 6.23. The smallest absolute Gasteiger partial charge is 0.134 e. The van der Waals surface area contributed by atoms with Crippen molar-refractivity contribution < 1.29 is 13.2 Å². The van der Waals surface area contributed by atoms with E-state index in [4.69, 9.17) is 5.73 Å². The Morgan fingerprint density at radius 1 is 1.00 bits per heavy atom. The molecular formula is C15H14F3NS. The Hall–Kier alpha value is -1.33. The average molecular weight is 297 g/mol. The number of benzene rings is 1. The minimum Gasteiger partial charge on any atom is -0.319 e. The van der Waals surface area contributed by atoms with Crippen LogP contribution in [0.25, 0.3) is 0 Å². The van der Waals surface area contributed by atoms with Crippen LogP contribution in [-0.2, 0) is 12.8 Å². The molecule has 1 atom stereocenters. The van der Waals surface area contributed by atoms with Crippen molar-refractivity contribution in [1.82, 2.24) is 0 Å². The largest absolute Gasteiger partial charge is 0.319 e. The van der Waals surface area contributed by atoms with E-state index in [2.05, 4.69) is 0 Å². The average Bonchev–Trinajstić information content (AvgIpc) is 2.81. The molecule has 1 aromatic carbocycles. The normalized spacial score (nSPS) is 16.0. The maximum Gasteiger partial charge on any atom is 0.134 e. The van der Waals surface area contributed by atoms with Gasteiger partial charge in [0.2, 0.25) is 0 Å². The van der Waals surface area contributed by atoms with Crippen molar-refractivity contribution in [2.45, 2.75) is 31.7 Å². The first kappa shape index (κ1) is 13.6. The molecule has 0 spiro atoms. The van der Waals surface area contributed by atoms with Gasteiger partial charge in [0.15, 0.2) is 0 Å². The number of thiophene rings is 1. The van der Waals surface area contributed by atoms with Crippen LogP contribution in [0, 0.1) is 17.5 Å². The second-order valence-electron chi connectivity index (χ2n) is 5.07. The number of hydrogen-bond donors (Lipinski definition) is 1. The Morgan fingerprint density at radius 2 is 1.65 bits per heavy atom. The molecule has 0 aliphatic heterocycles. The lowest BCUT2D eigenvalue weighted by molar-refractivity contribution is 0.516. The molecule has 0 bridgehead atoms. The van der Waals surface area contributed by atoms with Crippen molar-refractivity contribution in [3.05, 3.63) is 56.5 Å². The number of hydrogen-bond acceptors (Lipinski definition) is 2. The highest BCUT2D eigenvalue weighted by Crippen LogP contribution is 2.35. The summed E-state index contributed by atoms with van der Waals surface area (Å²) < 4.78 is 40.5. The Bertz CT molecular complexity index is 604. The van der Waals surface area contributed by atoms with Gasteiger partial charge in [0.25, 0.3) is 0 Å². The Labute approximate surface area is 119 Å². The Kier molecular flexibility index (Phi) is 3.56. The molecule has 1 aliphatic rings. The van der Waals surface area contributed by atoms with Gasteiger partial charge in [0.1, 0.15) is 17.5 Å². The molecule has 20 heavy (non-hydrogen) atoms. The SMILES string of the molecule is NC(c1cc2c(s1)CCCC2)c1c(F)cc(F)cc1F. The van der Waals surface area contributed by atoms with Crippen LogP contribution in [0.4, 0.5) is 13.2 Å². The first-order chi connectivity index (χ1) is 9.56. The number of halogens is 3. The predicted molar refractivity (Wildman–Crippen MR) is 73.3 cm³/mol. The van der Waals surface area contributed by atoms with E-state index >= 15 is 0 Å². The summed E-state index contributed by atoms with van der Waals surface area (Å²) in [6.45, 7) is 0. The summed E-state index contributed by atoms with van der Waals surface area (Å²) in [6.07, 6.45) is 4.27. The van der Waals surface area contributed by atoms with Crippen LogP contribution in [0.1, 0.15) is 39.8 Å². The van der Waals surface area contributed by atoms with Crippen LogP contribution in [0.2, 0.25) is 0 Å². The van der Waals surface area contributed by atoms with Crippen LogP contribution in [0.5, 0.6) is 0 Å². The molecule has 1 heterocycles. The van der Waals surface area contributed by atoms with Crippen molar-refractivity contribution in [3.63, 3.8) is 0 Å². The fourth-order valence-corrected chi connectivity index (χ4v) is 3.93. The van der Waals surface area contributed by atoms with Crippen LogP contribution in [-0.4, -0.2) is 0 Å². The molecule has 0 amide bonds. The van der Waals surface area contributed by atoms with Crippen LogP contribution in [0.3, 0.4) is 0 Å². The van der Waals surface area contributed by atoms with E-state index in [1.54, 1.807) is 0 Å². The van der Waals surface area contributed by atoms with Gasteiger partial charge in [0.05, 0.1) is 6.04 Å². The first-order valence-electron chi connectivity index (χ1n) is 6.58. The molecule has 106 valence electrons. The van der Waals surface area contributed by atoms with E-state index in [1.807, 2.05) is 6.07 Å². The number of fused-ring (bicyclic) bond motifs is 1. The number of nitrogens with two attached hydrogens (primary N) is 1. The molecule has 0 fully saturated rings. The van der Waals surface area contributed by atoms with Gasteiger partial charge in [-0.05, 0) is 37.3 Å². The summed E-state index contributed by atoms with van der Waals surface area (Å²) >= 11 is 1.51. The molecule has 2 N–H and O–H groups in total. The highest BCUT2D eigenvalue weighted by atomic mass is 32.1. The standard InChI is InChI=1S/C15H14F3NS/c16-9-6-10(17)14(11(18)7-9)15(19)13-5-8-3-1-2-4-12(8)20-13/h5-7,15H,1-4,19H2. The molecule has 1 aliphatic carbocycles. The third-order valence-electron chi connectivity index (χ3n) is 3.68. The zero-order valence-corrected chi connectivity index (χ0v) is 11.6. The third kappa shape index (κ3) is 2.36. The van der Waals surface area contributed by atoms with Crippen LogP contribution >= 0.6 is 11.3 Å². The van der Waals surface area contributed by atoms with Gasteiger partial charge in [-0.15, -0.1) is 11.3 Å². The van der Waals surface area contributed by atoms with Crippen molar-refractivity contribution in [2.24, 2.45) is 5.73 Å². The lowest BCUT2D eigenvalue weighted by Crippen LogP contribution is -2.14. The molecule has 1 nitrogen and oxygen atoms in total. The van der Waals surface area contributed by atoms with Crippen molar-refractivity contribution in [1.29, 1.82) is 0 Å². The highest BCUT2D eigenvalue weighted by molar-refractivity contribution is 7.12. The second kappa shape index (κ2) is 5.22. The molecule has 2 aromatic rings. The molecule has 1 aromatic heterocycles. The highest BCUT2D eigenvalue weighted by Gasteiger charge is 2.23. The minimum atomic E-state index is -0.929. The van der Waals surface area contributed by atoms with E-state index in [9.17, 15) is 13.2 Å². The summed E-state index contributed by atoms with van der Waals surface area (Å²) in [7, 11) is 0. The summed E-state index contributed by atoms with van der Waals surface area (Å²) in [5, 5.41) is 0. The summed E-state index contributed by atoms with van der Waals surface area (Å²) in [5.41, 5.74) is 6.96. The predicted octanol–water partition coefficient (Wildman–Crippen LogP) is 4.09. The fourth-order valence-electron chi connectivity index (χ4n) is 2.66. The van der Waals surface area contributed by atoms with E-state index < -0.39 is 23.5 Å². The Balaban J connectivity index is 2.00. The molecule has 0 radical (unpaired) electrons. The van der Waals surface area contributed by atoms with Gasteiger partial charge in [-0.3, -0.25) is 0 Å². The zero-order valence-electron chi connectivity index (χ0n) is 10.8. The van der Waals surface area contributed by atoms with E-state index in [0.29, 0.717) is 12.1 Å².